The minimum absolute atomic E-state index is 0.191. The molecule has 2 aromatic heterocycles. The van der Waals surface area contributed by atoms with Crippen LogP contribution in [-0.4, -0.2) is 20.5 Å². The fourth-order valence-electron chi connectivity index (χ4n) is 2.12. The average molecular weight is 338 g/mol. The van der Waals surface area contributed by atoms with Gasteiger partial charge in [-0.05, 0) is 12.8 Å². The number of halogens is 2. The summed E-state index contributed by atoms with van der Waals surface area (Å²) in [6.07, 6.45) is -1.65. The van der Waals surface area contributed by atoms with Crippen LogP contribution in [0.25, 0.3) is 0 Å². The lowest BCUT2D eigenvalue weighted by Crippen LogP contribution is -2.15. The minimum Gasteiger partial charge on any atom is -0.290 e. The first-order valence-corrected chi connectivity index (χ1v) is 7.92. The summed E-state index contributed by atoms with van der Waals surface area (Å²) in [6, 6.07) is 1.85. The molecular weight excluding hydrogens is 322 g/mol. The molecule has 2 rings (SSSR count). The maximum atomic E-state index is 13.2. The van der Waals surface area contributed by atoms with E-state index in [1.807, 2.05) is 19.9 Å². The van der Waals surface area contributed by atoms with E-state index < -0.39 is 23.7 Å². The van der Waals surface area contributed by atoms with E-state index in [0.717, 1.165) is 11.3 Å². The number of hydrogen-bond donors (Lipinski definition) is 0. The van der Waals surface area contributed by atoms with E-state index in [2.05, 4.69) is 10.1 Å². The summed E-state index contributed by atoms with van der Waals surface area (Å²) in [5.41, 5.74) is -0.110. The normalized spacial score (nSPS) is 12.6. The Labute approximate surface area is 136 Å². The molecule has 0 N–H and O–H groups in total. The Morgan fingerprint density at radius 3 is 2.65 bits per heavy atom. The highest BCUT2D eigenvalue weighted by Crippen LogP contribution is 2.29. The Balaban J connectivity index is 2.40. The molecule has 0 radical (unpaired) electrons. The van der Waals surface area contributed by atoms with Gasteiger partial charge in [0, 0.05) is 23.8 Å². The van der Waals surface area contributed by atoms with E-state index in [4.69, 9.17) is 0 Å². The number of hydrogen-bond acceptors (Lipinski definition) is 5. The summed E-state index contributed by atoms with van der Waals surface area (Å²) < 4.78 is 27.8. The van der Waals surface area contributed by atoms with Crippen molar-refractivity contribution in [2.24, 2.45) is 5.92 Å². The molecule has 122 valence electrons. The number of carbonyl (C=O) groups is 1. The van der Waals surface area contributed by atoms with Gasteiger partial charge in [0.2, 0.25) is 5.78 Å². The van der Waals surface area contributed by atoms with Crippen molar-refractivity contribution >= 4 is 17.1 Å². The number of carbonyl (C=O) groups excluding carboxylic acids is 1. The van der Waals surface area contributed by atoms with Crippen molar-refractivity contribution in [3.8, 4) is 6.07 Å². The van der Waals surface area contributed by atoms with Crippen LogP contribution in [0.3, 0.4) is 0 Å². The molecule has 0 saturated carbocycles. The third-order valence-electron chi connectivity index (χ3n) is 3.09. The van der Waals surface area contributed by atoms with Crippen LogP contribution in [0.2, 0.25) is 0 Å². The Morgan fingerprint density at radius 2 is 2.17 bits per heavy atom. The zero-order chi connectivity index (χ0) is 17.1. The number of aromatic nitrogens is 3. The zero-order valence-corrected chi connectivity index (χ0v) is 13.8. The van der Waals surface area contributed by atoms with Gasteiger partial charge in [-0.1, -0.05) is 13.8 Å². The molecule has 2 heterocycles. The first kappa shape index (κ1) is 17.2. The number of rotatable bonds is 6. The minimum atomic E-state index is -2.83. The van der Waals surface area contributed by atoms with Crippen molar-refractivity contribution in [3.63, 3.8) is 0 Å². The highest BCUT2D eigenvalue weighted by atomic mass is 32.1. The van der Waals surface area contributed by atoms with Crippen LogP contribution in [-0.2, 0) is 6.54 Å². The number of thiazole rings is 1. The van der Waals surface area contributed by atoms with E-state index in [1.165, 1.54) is 10.9 Å². The van der Waals surface area contributed by atoms with Crippen molar-refractivity contribution in [1.82, 2.24) is 14.8 Å². The molecule has 0 amide bonds. The number of nitrogens with zero attached hydrogens (tertiary/aromatic N) is 4. The molecule has 5 nitrogen and oxygen atoms in total. The van der Waals surface area contributed by atoms with E-state index >= 15 is 0 Å². The predicted octanol–water partition coefficient (Wildman–Crippen LogP) is 3.73. The number of ketones is 1. The van der Waals surface area contributed by atoms with Crippen molar-refractivity contribution < 1.29 is 13.6 Å². The second kappa shape index (κ2) is 6.96. The van der Waals surface area contributed by atoms with E-state index in [0.29, 0.717) is 17.2 Å². The first-order chi connectivity index (χ1) is 10.8. The molecule has 0 aromatic carbocycles. The molecule has 0 aliphatic rings. The Kier molecular flexibility index (Phi) is 5.21. The quantitative estimate of drug-likeness (QED) is 0.752. The molecule has 0 aliphatic heterocycles. The lowest BCUT2D eigenvalue weighted by atomic mass is 10.0. The third kappa shape index (κ3) is 3.79. The molecule has 0 fully saturated rings. The molecule has 0 saturated heterocycles. The lowest BCUT2D eigenvalue weighted by Gasteiger charge is -2.05. The standard InChI is InChI=1S/C15H16F2N4OS/c1-8(2)5-21-6-11(14(16)17)12(20-21)13(22)10(4-18)15-19-9(3)7-23-15/h6-8,10,14H,5H2,1-3H3/t10-/m0/s1. The summed E-state index contributed by atoms with van der Waals surface area (Å²) >= 11 is 1.16. The van der Waals surface area contributed by atoms with E-state index in [1.54, 1.807) is 12.3 Å². The van der Waals surface area contributed by atoms with Crippen molar-refractivity contribution in [1.29, 1.82) is 5.26 Å². The molecule has 8 heteroatoms. The van der Waals surface area contributed by atoms with Crippen LogP contribution in [0, 0.1) is 24.2 Å². The van der Waals surface area contributed by atoms with Gasteiger partial charge in [0.1, 0.15) is 10.7 Å². The largest absolute Gasteiger partial charge is 0.290 e. The van der Waals surface area contributed by atoms with Crippen LogP contribution in [0.1, 0.15) is 52.9 Å². The van der Waals surface area contributed by atoms with Crippen molar-refractivity contribution in [2.75, 3.05) is 0 Å². The van der Waals surface area contributed by atoms with Gasteiger partial charge in [0.15, 0.2) is 5.92 Å². The molecule has 0 spiro atoms. The predicted molar refractivity (Wildman–Crippen MR) is 81.6 cm³/mol. The molecule has 23 heavy (non-hydrogen) atoms. The number of Topliss-reactive ketones (excluding diaryl/α,β-unsaturated/α-hetero) is 1. The summed E-state index contributed by atoms with van der Waals surface area (Å²) in [7, 11) is 0. The van der Waals surface area contributed by atoms with Gasteiger partial charge in [-0.2, -0.15) is 10.4 Å². The van der Waals surface area contributed by atoms with Crippen LogP contribution in [0.4, 0.5) is 8.78 Å². The van der Waals surface area contributed by atoms with E-state index in [-0.39, 0.29) is 11.6 Å². The van der Waals surface area contributed by atoms with Crippen LogP contribution in [0.15, 0.2) is 11.6 Å². The molecule has 0 unspecified atom stereocenters. The summed E-state index contributed by atoms with van der Waals surface area (Å²) in [6.45, 7) is 5.99. The van der Waals surface area contributed by atoms with Gasteiger partial charge in [0.25, 0.3) is 6.43 Å². The molecule has 1 atom stereocenters. The highest BCUT2D eigenvalue weighted by Gasteiger charge is 2.31. The van der Waals surface area contributed by atoms with Gasteiger partial charge in [-0.3, -0.25) is 9.48 Å². The molecule has 0 bridgehead atoms. The van der Waals surface area contributed by atoms with Gasteiger partial charge in [0.05, 0.1) is 11.6 Å². The summed E-state index contributed by atoms with van der Waals surface area (Å²) in [4.78, 5) is 16.7. The lowest BCUT2D eigenvalue weighted by molar-refractivity contribution is 0.0959. The number of alkyl halides is 2. The fraction of sp³-hybridized carbons (Fsp3) is 0.467. The van der Waals surface area contributed by atoms with E-state index in [9.17, 15) is 18.8 Å². The smallest absolute Gasteiger partial charge is 0.267 e. The Morgan fingerprint density at radius 1 is 1.48 bits per heavy atom. The summed E-state index contributed by atoms with van der Waals surface area (Å²) in [5, 5.41) is 15.3. The Hall–Kier alpha value is -2.14. The SMILES string of the molecule is Cc1csc([C@@H](C#N)C(=O)c2nn(CC(C)C)cc2C(F)F)n1. The van der Waals surface area contributed by atoms with Gasteiger partial charge in [-0.15, -0.1) is 11.3 Å². The second-order valence-electron chi connectivity index (χ2n) is 5.60. The van der Waals surface area contributed by atoms with Crippen molar-refractivity contribution in [3.05, 3.63) is 33.5 Å². The maximum absolute atomic E-state index is 13.2. The average Bonchev–Trinajstić information content (AvgIpc) is 3.05. The molecular formula is C15H16F2N4OS. The highest BCUT2D eigenvalue weighted by molar-refractivity contribution is 7.10. The van der Waals surface area contributed by atoms with Crippen LogP contribution in [0.5, 0.6) is 0 Å². The topological polar surface area (TPSA) is 71.6 Å². The Bertz CT molecular complexity index is 745. The number of aryl methyl sites for hydroxylation is 1. The second-order valence-corrected chi connectivity index (χ2v) is 6.49. The first-order valence-electron chi connectivity index (χ1n) is 7.04. The van der Waals surface area contributed by atoms with Gasteiger partial charge < -0.3 is 0 Å². The van der Waals surface area contributed by atoms with Crippen LogP contribution >= 0.6 is 11.3 Å². The van der Waals surface area contributed by atoms with Crippen molar-refractivity contribution in [2.45, 2.75) is 39.7 Å². The zero-order valence-electron chi connectivity index (χ0n) is 13.0. The van der Waals surface area contributed by atoms with Gasteiger partial charge in [-0.25, -0.2) is 13.8 Å². The van der Waals surface area contributed by atoms with Crippen LogP contribution < -0.4 is 0 Å². The number of nitriles is 1. The molecule has 0 aliphatic carbocycles. The summed E-state index contributed by atoms with van der Waals surface area (Å²) in [5.74, 6) is -1.76. The fourth-order valence-corrected chi connectivity index (χ4v) is 2.96. The maximum Gasteiger partial charge on any atom is 0.267 e. The molecule has 2 aromatic rings. The third-order valence-corrected chi connectivity index (χ3v) is 4.11. The monoisotopic (exact) mass is 338 g/mol. The van der Waals surface area contributed by atoms with Gasteiger partial charge >= 0.3 is 0 Å².